The molecule has 0 aliphatic carbocycles. The predicted octanol–water partition coefficient (Wildman–Crippen LogP) is 3.12. The van der Waals surface area contributed by atoms with E-state index in [2.05, 4.69) is 0 Å². The molecule has 3 aliphatic rings. The molecule has 3 fully saturated rings. The molecule has 1 aromatic carbocycles. The van der Waals surface area contributed by atoms with E-state index in [1.807, 2.05) is 39.8 Å². The van der Waals surface area contributed by atoms with E-state index in [0.29, 0.717) is 17.4 Å². The second kappa shape index (κ2) is 6.08. The average molecular weight is 371 g/mol. The minimum atomic E-state index is -0.720. The van der Waals surface area contributed by atoms with Crippen molar-refractivity contribution >= 4 is 11.6 Å². The van der Waals surface area contributed by atoms with Gasteiger partial charge in [0.25, 0.3) is 0 Å². The van der Waals surface area contributed by atoms with Crippen molar-refractivity contribution in [3.63, 3.8) is 0 Å². The van der Waals surface area contributed by atoms with Crippen LogP contribution in [-0.4, -0.2) is 48.9 Å². The van der Waals surface area contributed by atoms with Gasteiger partial charge < -0.3 is 28.4 Å². The van der Waals surface area contributed by atoms with E-state index in [0.717, 1.165) is 0 Å². The van der Waals surface area contributed by atoms with Crippen LogP contribution in [0.1, 0.15) is 27.7 Å². The Kier molecular flexibility index (Phi) is 4.26. The molecule has 0 aromatic heterocycles. The number of rotatable bonds is 3. The van der Waals surface area contributed by atoms with Gasteiger partial charge in [0.05, 0.1) is 0 Å². The Morgan fingerprint density at radius 2 is 1.48 bits per heavy atom. The van der Waals surface area contributed by atoms with Gasteiger partial charge in [0.1, 0.15) is 36.8 Å². The Labute approximate surface area is 152 Å². The molecule has 3 heterocycles. The van der Waals surface area contributed by atoms with Gasteiger partial charge >= 0.3 is 0 Å². The molecule has 0 radical (unpaired) electrons. The number of ether oxygens (including phenoxy) is 6. The average Bonchev–Trinajstić information content (AvgIpc) is 3.00. The van der Waals surface area contributed by atoms with E-state index in [1.54, 1.807) is 12.1 Å². The third-order valence-corrected chi connectivity index (χ3v) is 4.73. The molecule has 25 heavy (non-hydrogen) atoms. The number of hydrogen-bond acceptors (Lipinski definition) is 6. The number of hydrogen-bond donors (Lipinski definition) is 0. The summed E-state index contributed by atoms with van der Waals surface area (Å²) in [5.41, 5.74) is 0. The standard InChI is InChI=1S/C18H23ClO6/c1-17(2)22-13-12(9-20-11-7-5-10(19)6-8-11)21-16-15(14(13)23-17)24-18(3,4)25-16/h5-8,12-16H,9H2,1-4H3/t12?,13-,14?,15?,16+/m0/s1. The van der Waals surface area contributed by atoms with Crippen molar-refractivity contribution in [3.05, 3.63) is 29.3 Å². The Morgan fingerprint density at radius 3 is 2.20 bits per heavy atom. The molecule has 1 aromatic rings. The van der Waals surface area contributed by atoms with Crippen molar-refractivity contribution in [2.75, 3.05) is 6.61 Å². The number of fused-ring (bicyclic) bond motifs is 3. The number of halogens is 1. The van der Waals surface area contributed by atoms with Gasteiger partial charge in [-0.05, 0) is 52.0 Å². The zero-order chi connectivity index (χ0) is 17.8. The summed E-state index contributed by atoms with van der Waals surface area (Å²) in [6.45, 7) is 7.82. The summed E-state index contributed by atoms with van der Waals surface area (Å²) in [7, 11) is 0. The summed E-state index contributed by atoms with van der Waals surface area (Å²) in [6, 6.07) is 7.21. The predicted molar refractivity (Wildman–Crippen MR) is 89.5 cm³/mol. The Bertz CT molecular complexity index is 631. The Balaban J connectivity index is 1.50. The quantitative estimate of drug-likeness (QED) is 0.814. The highest BCUT2D eigenvalue weighted by molar-refractivity contribution is 6.30. The van der Waals surface area contributed by atoms with Crippen LogP contribution >= 0.6 is 11.6 Å². The molecule has 5 atom stereocenters. The molecular weight excluding hydrogens is 348 g/mol. The molecule has 6 nitrogen and oxygen atoms in total. The van der Waals surface area contributed by atoms with Crippen molar-refractivity contribution < 1.29 is 28.4 Å². The molecule has 0 spiro atoms. The van der Waals surface area contributed by atoms with Crippen LogP contribution in [0.5, 0.6) is 5.75 Å². The highest BCUT2D eigenvalue weighted by Gasteiger charge is 2.60. The summed E-state index contributed by atoms with van der Waals surface area (Å²) in [5.74, 6) is -0.710. The van der Waals surface area contributed by atoms with Crippen LogP contribution < -0.4 is 4.74 Å². The lowest BCUT2D eigenvalue weighted by Crippen LogP contribution is -2.56. The first-order valence-corrected chi connectivity index (χ1v) is 8.85. The summed E-state index contributed by atoms with van der Waals surface area (Å²) < 4.78 is 36.0. The molecule has 7 heteroatoms. The molecule has 138 valence electrons. The summed E-state index contributed by atoms with van der Waals surface area (Å²) in [5, 5.41) is 0.664. The van der Waals surface area contributed by atoms with E-state index in [1.165, 1.54) is 0 Å². The molecule has 0 bridgehead atoms. The van der Waals surface area contributed by atoms with E-state index < -0.39 is 17.9 Å². The first kappa shape index (κ1) is 17.5. The van der Waals surface area contributed by atoms with Crippen molar-refractivity contribution in [1.29, 1.82) is 0 Å². The third kappa shape index (κ3) is 3.52. The number of benzene rings is 1. The van der Waals surface area contributed by atoms with Crippen LogP contribution in [-0.2, 0) is 23.7 Å². The third-order valence-electron chi connectivity index (χ3n) is 4.48. The maximum Gasteiger partial charge on any atom is 0.190 e. The molecule has 3 unspecified atom stereocenters. The van der Waals surface area contributed by atoms with Gasteiger partial charge in [-0.15, -0.1) is 0 Å². The SMILES string of the molecule is CC1(C)OC2C3OC(C)(C)O[C@H]3C(COc3ccc(Cl)cc3)O[C@@H]2O1. The zero-order valence-electron chi connectivity index (χ0n) is 14.7. The minimum absolute atomic E-state index is 0.269. The summed E-state index contributed by atoms with van der Waals surface area (Å²) >= 11 is 5.91. The van der Waals surface area contributed by atoms with Crippen LogP contribution in [0.2, 0.25) is 5.02 Å². The van der Waals surface area contributed by atoms with Crippen LogP contribution in [0, 0.1) is 0 Å². The molecule has 0 amide bonds. The van der Waals surface area contributed by atoms with Gasteiger partial charge in [-0.2, -0.15) is 0 Å². The van der Waals surface area contributed by atoms with Crippen molar-refractivity contribution in [2.24, 2.45) is 0 Å². The second-order valence-corrected chi connectivity index (χ2v) is 7.91. The van der Waals surface area contributed by atoms with Crippen LogP contribution in [0.15, 0.2) is 24.3 Å². The highest BCUT2D eigenvalue weighted by Crippen LogP contribution is 2.44. The fourth-order valence-electron chi connectivity index (χ4n) is 3.54. The van der Waals surface area contributed by atoms with Crippen LogP contribution in [0.25, 0.3) is 0 Å². The lowest BCUT2D eigenvalue weighted by atomic mass is 9.99. The minimum Gasteiger partial charge on any atom is -0.491 e. The van der Waals surface area contributed by atoms with E-state index in [-0.39, 0.29) is 24.4 Å². The topological polar surface area (TPSA) is 55.4 Å². The monoisotopic (exact) mass is 370 g/mol. The van der Waals surface area contributed by atoms with E-state index in [9.17, 15) is 0 Å². The van der Waals surface area contributed by atoms with Gasteiger partial charge in [0.15, 0.2) is 17.9 Å². The van der Waals surface area contributed by atoms with Gasteiger partial charge in [-0.25, -0.2) is 0 Å². The summed E-state index contributed by atoms with van der Waals surface area (Å²) in [6.07, 6.45) is -1.72. The highest BCUT2D eigenvalue weighted by atomic mass is 35.5. The largest absolute Gasteiger partial charge is 0.491 e. The van der Waals surface area contributed by atoms with Crippen molar-refractivity contribution in [3.8, 4) is 5.75 Å². The molecule has 0 N–H and O–H groups in total. The molecule has 0 saturated carbocycles. The van der Waals surface area contributed by atoms with Crippen LogP contribution in [0.3, 0.4) is 0 Å². The van der Waals surface area contributed by atoms with Gasteiger partial charge in [0, 0.05) is 5.02 Å². The molecule has 3 aliphatic heterocycles. The first-order chi connectivity index (χ1) is 11.7. The first-order valence-electron chi connectivity index (χ1n) is 8.48. The maximum absolute atomic E-state index is 6.10. The Hall–Kier alpha value is -0.890. The van der Waals surface area contributed by atoms with E-state index >= 15 is 0 Å². The van der Waals surface area contributed by atoms with Gasteiger partial charge in [-0.3, -0.25) is 0 Å². The lowest BCUT2D eigenvalue weighted by molar-refractivity contribution is -0.238. The van der Waals surface area contributed by atoms with E-state index in [4.69, 9.17) is 40.0 Å². The fourth-order valence-corrected chi connectivity index (χ4v) is 3.66. The molecule has 4 rings (SSSR count). The zero-order valence-corrected chi connectivity index (χ0v) is 15.5. The van der Waals surface area contributed by atoms with Crippen molar-refractivity contribution in [1.82, 2.24) is 0 Å². The maximum atomic E-state index is 6.10. The van der Waals surface area contributed by atoms with Gasteiger partial charge in [-0.1, -0.05) is 11.6 Å². The summed E-state index contributed by atoms with van der Waals surface area (Å²) in [4.78, 5) is 0. The second-order valence-electron chi connectivity index (χ2n) is 7.47. The fraction of sp³-hybridized carbons (Fsp3) is 0.667. The Morgan fingerprint density at radius 1 is 0.880 bits per heavy atom. The normalized spacial score (nSPS) is 38.2. The lowest BCUT2D eigenvalue weighted by Gasteiger charge is -2.37. The van der Waals surface area contributed by atoms with Crippen molar-refractivity contribution in [2.45, 2.75) is 70.0 Å². The molecule has 3 saturated heterocycles. The van der Waals surface area contributed by atoms with Gasteiger partial charge in [0.2, 0.25) is 0 Å². The van der Waals surface area contributed by atoms with Crippen LogP contribution in [0.4, 0.5) is 0 Å². The smallest absolute Gasteiger partial charge is 0.190 e. The molecular formula is C18H23ClO6.